The summed E-state index contributed by atoms with van der Waals surface area (Å²) in [6, 6.07) is 2.23. The van der Waals surface area contributed by atoms with Gasteiger partial charge in [0.1, 0.15) is 5.76 Å². The molecule has 2 rings (SSSR count). The largest absolute Gasteiger partial charge is 0.469 e. The van der Waals surface area contributed by atoms with Crippen LogP contribution in [0.25, 0.3) is 0 Å². The average molecular weight is 310 g/mol. The van der Waals surface area contributed by atoms with Gasteiger partial charge in [0.2, 0.25) is 0 Å². The minimum absolute atomic E-state index is 0.183. The molecule has 0 spiro atoms. The van der Waals surface area contributed by atoms with Gasteiger partial charge in [-0.1, -0.05) is 25.4 Å². The molecule has 0 radical (unpaired) electrons. The van der Waals surface area contributed by atoms with E-state index in [1.165, 1.54) is 5.56 Å². The van der Waals surface area contributed by atoms with Crippen LogP contribution in [0.3, 0.4) is 0 Å². The van der Waals surface area contributed by atoms with Gasteiger partial charge in [-0.25, -0.2) is 0 Å². The van der Waals surface area contributed by atoms with Gasteiger partial charge in [0.25, 0.3) is 0 Å². The summed E-state index contributed by atoms with van der Waals surface area (Å²) >= 11 is 6.51. The van der Waals surface area contributed by atoms with Gasteiger partial charge in [-0.3, -0.25) is 4.68 Å². The molecule has 0 fully saturated rings. The van der Waals surface area contributed by atoms with Crippen molar-refractivity contribution in [3.8, 4) is 0 Å². The zero-order valence-electron chi connectivity index (χ0n) is 13.2. The first-order chi connectivity index (χ1) is 10.2. The molecule has 0 amide bonds. The lowest BCUT2D eigenvalue weighted by molar-refractivity contribution is 0.488. The monoisotopic (exact) mass is 309 g/mol. The Labute approximate surface area is 131 Å². The molecule has 2 heterocycles. The average Bonchev–Trinajstić information content (AvgIpc) is 3.09. The Kier molecular flexibility index (Phi) is 5.48. The number of nitrogens with zero attached hydrogens (tertiary/aromatic N) is 2. The van der Waals surface area contributed by atoms with Crippen molar-refractivity contribution in [3.63, 3.8) is 0 Å². The SMILES string of the molecule is CCc1nn(CC)c(CC(NC)c2ccoc2CC)c1Cl. The Hall–Kier alpha value is -1.26. The maximum Gasteiger partial charge on any atom is 0.108 e. The normalized spacial score (nSPS) is 12.8. The van der Waals surface area contributed by atoms with E-state index in [4.69, 9.17) is 16.0 Å². The molecule has 116 valence electrons. The van der Waals surface area contributed by atoms with Crippen molar-refractivity contribution in [2.75, 3.05) is 7.05 Å². The van der Waals surface area contributed by atoms with E-state index in [9.17, 15) is 0 Å². The van der Waals surface area contributed by atoms with Gasteiger partial charge < -0.3 is 9.73 Å². The van der Waals surface area contributed by atoms with Crippen LogP contribution in [0.2, 0.25) is 5.02 Å². The molecule has 4 nitrogen and oxygen atoms in total. The van der Waals surface area contributed by atoms with Crippen LogP contribution in [-0.4, -0.2) is 16.8 Å². The molecule has 0 bridgehead atoms. The number of aromatic nitrogens is 2. The van der Waals surface area contributed by atoms with Crippen LogP contribution in [0.1, 0.15) is 49.5 Å². The smallest absolute Gasteiger partial charge is 0.108 e. The van der Waals surface area contributed by atoms with Crippen LogP contribution in [0, 0.1) is 0 Å². The summed E-state index contributed by atoms with van der Waals surface area (Å²) in [5.41, 5.74) is 3.28. The van der Waals surface area contributed by atoms with Crippen LogP contribution in [0.15, 0.2) is 16.7 Å². The lowest BCUT2D eigenvalue weighted by Crippen LogP contribution is -2.21. The first kappa shape index (κ1) is 16.1. The predicted octanol–water partition coefficient (Wildman–Crippen LogP) is 3.78. The third-order valence-corrected chi connectivity index (χ3v) is 4.35. The number of hydrogen-bond acceptors (Lipinski definition) is 3. The summed E-state index contributed by atoms with van der Waals surface area (Å²) in [5.74, 6) is 1.03. The van der Waals surface area contributed by atoms with Crippen molar-refractivity contribution in [2.24, 2.45) is 0 Å². The Morgan fingerprint density at radius 2 is 2.10 bits per heavy atom. The van der Waals surface area contributed by atoms with Gasteiger partial charge in [0.15, 0.2) is 0 Å². The summed E-state index contributed by atoms with van der Waals surface area (Å²) in [6.07, 6.45) is 4.31. The Morgan fingerprint density at radius 1 is 1.33 bits per heavy atom. The summed E-state index contributed by atoms with van der Waals surface area (Å²) in [7, 11) is 1.97. The minimum Gasteiger partial charge on any atom is -0.469 e. The van der Waals surface area contributed by atoms with Gasteiger partial charge in [0, 0.05) is 31.0 Å². The third-order valence-electron chi connectivity index (χ3n) is 3.92. The second kappa shape index (κ2) is 7.14. The molecule has 0 saturated heterocycles. The van der Waals surface area contributed by atoms with Crippen molar-refractivity contribution in [1.82, 2.24) is 15.1 Å². The van der Waals surface area contributed by atoms with Gasteiger partial charge in [0.05, 0.1) is 22.7 Å². The lowest BCUT2D eigenvalue weighted by atomic mass is 10.0. The van der Waals surface area contributed by atoms with E-state index in [0.29, 0.717) is 0 Å². The molecule has 2 aromatic rings. The molecular formula is C16H24ClN3O. The van der Waals surface area contributed by atoms with Crippen LogP contribution in [0.5, 0.6) is 0 Å². The predicted molar refractivity (Wildman–Crippen MR) is 85.9 cm³/mol. The first-order valence-electron chi connectivity index (χ1n) is 7.63. The van der Waals surface area contributed by atoms with Crippen molar-refractivity contribution >= 4 is 11.6 Å². The molecule has 0 aliphatic heterocycles. The van der Waals surface area contributed by atoms with Gasteiger partial charge >= 0.3 is 0 Å². The maximum absolute atomic E-state index is 6.51. The highest BCUT2D eigenvalue weighted by Crippen LogP contribution is 2.28. The van der Waals surface area contributed by atoms with Crippen LogP contribution in [0.4, 0.5) is 0 Å². The number of aryl methyl sites for hydroxylation is 3. The van der Waals surface area contributed by atoms with Crippen molar-refractivity contribution in [3.05, 3.63) is 40.1 Å². The van der Waals surface area contributed by atoms with Crippen LogP contribution in [-0.2, 0) is 25.8 Å². The van der Waals surface area contributed by atoms with Crippen molar-refractivity contribution in [2.45, 2.75) is 52.6 Å². The van der Waals surface area contributed by atoms with Crippen LogP contribution < -0.4 is 5.32 Å². The summed E-state index contributed by atoms with van der Waals surface area (Å²) in [4.78, 5) is 0. The van der Waals surface area contributed by atoms with Crippen molar-refractivity contribution in [1.29, 1.82) is 0 Å². The third kappa shape index (κ3) is 3.16. The molecule has 5 heteroatoms. The summed E-state index contributed by atoms with van der Waals surface area (Å²) < 4.78 is 7.56. The lowest BCUT2D eigenvalue weighted by Gasteiger charge is -2.17. The molecule has 1 atom stereocenters. The minimum atomic E-state index is 0.183. The fourth-order valence-electron chi connectivity index (χ4n) is 2.72. The number of likely N-dealkylation sites (N-methyl/N-ethyl adjacent to an activating group) is 1. The second-order valence-corrected chi connectivity index (χ2v) is 5.45. The molecule has 21 heavy (non-hydrogen) atoms. The zero-order valence-corrected chi connectivity index (χ0v) is 14.0. The number of hydrogen-bond donors (Lipinski definition) is 1. The first-order valence-corrected chi connectivity index (χ1v) is 8.01. The molecule has 1 N–H and O–H groups in total. The van der Waals surface area contributed by atoms with E-state index in [0.717, 1.165) is 48.0 Å². The number of halogens is 1. The molecule has 0 aliphatic carbocycles. The van der Waals surface area contributed by atoms with E-state index in [1.54, 1.807) is 6.26 Å². The Morgan fingerprint density at radius 3 is 2.67 bits per heavy atom. The van der Waals surface area contributed by atoms with E-state index in [-0.39, 0.29) is 6.04 Å². The van der Waals surface area contributed by atoms with Crippen LogP contribution >= 0.6 is 11.6 Å². The Balaban J connectivity index is 2.33. The highest BCUT2D eigenvalue weighted by molar-refractivity contribution is 6.31. The second-order valence-electron chi connectivity index (χ2n) is 5.07. The van der Waals surface area contributed by atoms with E-state index in [1.807, 2.05) is 17.8 Å². The standard InChI is InChI=1S/C16H24ClN3O/c1-5-12-16(17)14(20(7-3)19-12)10-13(18-4)11-8-9-21-15(11)6-2/h8-9,13,18H,5-7,10H2,1-4H3. The fraction of sp³-hybridized carbons (Fsp3) is 0.562. The Bertz CT molecular complexity index is 588. The van der Waals surface area contributed by atoms with Gasteiger partial charge in [-0.2, -0.15) is 5.10 Å². The molecule has 0 saturated carbocycles. The van der Waals surface area contributed by atoms with Gasteiger partial charge in [-0.15, -0.1) is 0 Å². The summed E-state index contributed by atoms with van der Waals surface area (Å²) in [5, 5.41) is 8.77. The fourth-order valence-corrected chi connectivity index (χ4v) is 3.07. The van der Waals surface area contributed by atoms with Gasteiger partial charge in [-0.05, 0) is 26.5 Å². The maximum atomic E-state index is 6.51. The quantitative estimate of drug-likeness (QED) is 0.846. The number of rotatable bonds is 7. The highest BCUT2D eigenvalue weighted by Gasteiger charge is 2.21. The number of nitrogens with one attached hydrogen (secondary N) is 1. The molecular weight excluding hydrogens is 286 g/mol. The number of furan rings is 1. The topological polar surface area (TPSA) is 43.0 Å². The van der Waals surface area contributed by atoms with E-state index in [2.05, 4.69) is 31.2 Å². The van der Waals surface area contributed by atoms with E-state index >= 15 is 0 Å². The molecule has 0 aromatic carbocycles. The highest BCUT2D eigenvalue weighted by atomic mass is 35.5. The van der Waals surface area contributed by atoms with E-state index < -0.39 is 0 Å². The summed E-state index contributed by atoms with van der Waals surface area (Å²) in [6.45, 7) is 7.11. The zero-order chi connectivity index (χ0) is 15.4. The molecule has 0 aliphatic rings. The molecule has 2 aromatic heterocycles. The molecule has 1 unspecified atom stereocenters. The van der Waals surface area contributed by atoms with Crippen molar-refractivity contribution < 1.29 is 4.42 Å².